The van der Waals surface area contributed by atoms with Crippen molar-refractivity contribution < 1.29 is 17.8 Å². The van der Waals surface area contributed by atoms with Gasteiger partial charge in [0, 0.05) is 12.1 Å². The van der Waals surface area contributed by atoms with E-state index in [9.17, 15) is 13.2 Å². The van der Waals surface area contributed by atoms with Gasteiger partial charge in [-0.2, -0.15) is 8.42 Å². The highest BCUT2D eigenvalue weighted by Crippen LogP contribution is 2.11. The number of nitrogens with one attached hydrogen (secondary N) is 1. The van der Waals surface area contributed by atoms with Gasteiger partial charge >= 0.3 is 0 Å². The number of carbonyl (C=O) groups is 1. The van der Waals surface area contributed by atoms with Crippen LogP contribution < -0.4 is 5.32 Å². The second-order valence-electron chi connectivity index (χ2n) is 7.91. The quantitative estimate of drug-likeness (QED) is 0.326. The molecule has 1 aromatic rings. The largest absolute Gasteiger partial charge is 0.352 e. The number of benzene rings is 1. The van der Waals surface area contributed by atoms with Gasteiger partial charge < -0.3 is 10.2 Å². The first-order valence-corrected chi connectivity index (χ1v) is 12.8. The first-order chi connectivity index (χ1) is 14.2. The molecule has 2 N–H and O–H groups in total. The average molecular weight is 443 g/mol. The number of nitrogens with zero attached hydrogens (tertiary/aromatic N) is 1. The van der Waals surface area contributed by atoms with Crippen LogP contribution in [0.3, 0.4) is 0 Å². The lowest BCUT2D eigenvalue weighted by atomic mass is 10.0. The van der Waals surface area contributed by atoms with Crippen molar-refractivity contribution in [2.24, 2.45) is 0 Å². The third kappa shape index (κ3) is 17.4. The molecule has 0 radical (unpaired) electrons. The molecule has 30 heavy (non-hydrogen) atoms. The number of rotatable bonds is 14. The number of hydrogen-bond donors (Lipinski definition) is 2. The Hall–Kier alpha value is -1.44. The van der Waals surface area contributed by atoms with Crippen LogP contribution >= 0.6 is 0 Å². The Morgan fingerprint density at radius 3 is 2.03 bits per heavy atom. The maximum absolute atomic E-state index is 12.0. The molecule has 1 aromatic carbocycles. The first-order valence-electron chi connectivity index (χ1n) is 11.2. The van der Waals surface area contributed by atoms with E-state index >= 15 is 0 Å². The zero-order valence-corrected chi connectivity index (χ0v) is 20.1. The minimum atomic E-state index is -3.67. The molecule has 0 aliphatic rings. The van der Waals surface area contributed by atoms with Crippen molar-refractivity contribution in [3.8, 4) is 0 Å². The molecule has 0 saturated heterocycles. The van der Waals surface area contributed by atoms with Crippen LogP contribution in [0.2, 0.25) is 0 Å². The van der Waals surface area contributed by atoms with Gasteiger partial charge in [-0.05, 0) is 64.0 Å². The van der Waals surface area contributed by atoms with Crippen LogP contribution in [0, 0.1) is 0 Å². The van der Waals surface area contributed by atoms with E-state index in [1.165, 1.54) is 44.1 Å². The van der Waals surface area contributed by atoms with Crippen LogP contribution in [-0.2, 0) is 16.5 Å². The molecule has 0 spiro atoms. The Labute approximate surface area is 184 Å². The molecule has 0 bridgehead atoms. The van der Waals surface area contributed by atoms with Crippen LogP contribution in [-0.4, -0.2) is 56.7 Å². The van der Waals surface area contributed by atoms with E-state index in [-0.39, 0.29) is 11.7 Å². The highest BCUT2D eigenvalue weighted by molar-refractivity contribution is 7.85. The summed E-state index contributed by atoms with van der Waals surface area (Å²) >= 11 is 0. The van der Waals surface area contributed by atoms with Gasteiger partial charge in [-0.25, -0.2) is 0 Å². The van der Waals surface area contributed by atoms with E-state index < -0.39 is 10.1 Å². The molecular weight excluding hydrogens is 400 g/mol. The molecule has 0 aliphatic heterocycles. The summed E-state index contributed by atoms with van der Waals surface area (Å²) in [5.41, 5.74) is 2.10. The van der Waals surface area contributed by atoms with Crippen molar-refractivity contribution in [1.29, 1.82) is 0 Å². The first kappa shape index (κ1) is 28.6. The van der Waals surface area contributed by atoms with E-state index in [4.69, 9.17) is 4.55 Å². The standard InChI is InChI=1S/C20H34N2O.C3H8O3S/c1-4-5-6-7-8-9-11-18-12-14-19(15-13-18)20(23)21-16-10-17-22(2)3;1-2-3-7(4,5)6/h12-15H,4-11,16-17H2,1-3H3,(H,21,23);2-3H2,1H3,(H,4,5,6). The fourth-order valence-electron chi connectivity index (χ4n) is 2.89. The minimum absolute atomic E-state index is 0.0369. The van der Waals surface area contributed by atoms with Gasteiger partial charge in [-0.3, -0.25) is 9.35 Å². The lowest BCUT2D eigenvalue weighted by Gasteiger charge is -2.10. The minimum Gasteiger partial charge on any atom is -0.352 e. The Bertz CT molecular complexity index is 658. The van der Waals surface area contributed by atoms with E-state index in [0.717, 1.165) is 31.5 Å². The van der Waals surface area contributed by atoms with Crippen molar-refractivity contribution >= 4 is 16.0 Å². The molecule has 6 nitrogen and oxygen atoms in total. The van der Waals surface area contributed by atoms with Crippen molar-refractivity contribution in [1.82, 2.24) is 10.2 Å². The number of aryl methyl sites for hydroxylation is 1. The zero-order chi connectivity index (χ0) is 22.8. The molecule has 7 heteroatoms. The normalized spacial score (nSPS) is 11.1. The molecule has 174 valence electrons. The fourth-order valence-corrected chi connectivity index (χ4v) is 3.41. The second kappa shape index (κ2) is 17.3. The summed E-state index contributed by atoms with van der Waals surface area (Å²) in [6.07, 6.45) is 10.5. The van der Waals surface area contributed by atoms with Gasteiger partial charge in [0.2, 0.25) is 0 Å². The smallest absolute Gasteiger partial charge is 0.264 e. The van der Waals surface area contributed by atoms with E-state index in [1.807, 2.05) is 26.2 Å². The predicted octanol–water partition coefficient (Wildman–Crippen LogP) is 4.56. The molecule has 1 rings (SSSR count). The van der Waals surface area contributed by atoms with E-state index in [2.05, 4.69) is 29.3 Å². The molecule has 1 amide bonds. The summed E-state index contributed by atoms with van der Waals surface area (Å²) < 4.78 is 27.6. The average Bonchev–Trinajstić information content (AvgIpc) is 2.67. The zero-order valence-electron chi connectivity index (χ0n) is 19.3. The molecule has 0 fully saturated rings. The van der Waals surface area contributed by atoms with Crippen LogP contribution in [0.4, 0.5) is 0 Å². The number of carbonyl (C=O) groups excluding carboxylic acids is 1. The fraction of sp³-hybridized carbons (Fsp3) is 0.696. The maximum atomic E-state index is 12.0. The van der Waals surface area contributed by atoms with Crippen LogP contribution in [0.1, 0.15) is 81.1 Å². The van der Waals surface area contributed by atoms with Gasteiger partial charge in [-0.1, -0.05) is 58.1 Å². The SMILES string of the molecule is CCCCCCCCc1ccc(C(=O)NCCCN(C)C)cc1.CCCS(=O)(=O)O. The molecule has 0 saturated carbocycles. The predicted molar refractivity (Wildman–Crippen MR) is 126 cm³/mol. The van der Waals surface area contributed by atoms with Crippen molar-refractivity contribution in [3.05, 3.63) is 35.4 Å². The summed E-state index contributed by atoms with van der Waals surface area (Å²) in [7, 11) is 0.418. The van der Waals surface area contributed by atoms with Crippen molar-refractivity contribution in [2.45, 2.75) is 71.6 Å². The molecular formula is C23H42N2O4S. The molecule has 0 heterocycles. The Balaban J connectivity index is 0.00000103. The van der Waals surface area contributed by atoms with Crippen LogP contribution in [0.5, 0.6) is 0 Å². The van der Waals surface area contributed by atoms with E-state index in [1.54, 1.807) is 6.92 Å². The third-order valence-electron chi connectivity index (χ3n) is 4.56. The summed E-state index contributed by atoms with van der Waals surface area (Å²) in [5.74, 6) is -0.0950. The topological polar surface area (TPSA) is 86.7 Å². The van der Waals surface area contributed by atoms with E-state index in [0.29, 0.717) is 6.42 Å². The van der Waals surface area contributed by atoms with Gasteiger partial charge in [-0.15, -0.1) is 0 Å². The monoisotopic (exact) mass is 442 g/mol. The Morgan fingerprint density at radius 1 is 0.933 bits per heavy atom. The van der Waals surface area contributed by atoms with Gasteiger partial charge in [0.15, 0.2) is 0 Å². The van der Waals surface area contributed by atoms with Crippen LogP contribution in [0.25, 0.3) is 0 Å². The summed E-state index contributed by atoms with van der Waals surface area (Å²) in [6, 6.07) is 8.10. The van der Waals surface area contributed by atoms with Crippen molar-refractivity contribution in [3.63, 3.8) is 0 Å². The maximum Gasteiger partial charge on any atom is 0.264 e. The summed E-state index contributed by atoms with van der Waals surface area (Å²) in [6.45, 7) is 5.67. The highest BCUT2D eigenvalue weighted by Gasteiger charge is 2.04. The molecule has 0 atom stereocenters. The Kier molecular flexibility index (Phi) is 16.4. The lowest BCUT2D eigenvalue weighted by Crippen LogP contribution is -2.27. The third-order valence-corrected chi connectivity index (χ3v) is 5.49. The van der Waals surface area contributed by atoms with Gasteiger partial charge in [0.1, 0.15) is 0 Å². The molecule has 0 aromatic heterocycles. The van der Waals surface area contributed by atoms with Gasteiger partial charge in [0.25, 0.3) is 16.0 Å². The van der Waals surface area contributed by atoms with Crippen LogP contribution in [0.15, 0.2) is 24.3 Å². The summed E-state index contributed by atoms with van der Waals surface area (Å²) in [5, 5.41) is 2.98. The second-order valence-corrected chi connectivity index (χ2v) is 9.49. The molecule has 0 aliphatic carbocycles. The highest BCUT2D eigenvalue weighted by atomic mass is 32.2. The lowest BCUT2D eigenvalue weighted by molar-refractivity contribution is 0.0952. The summed E-state index contributed by atoms with van der Waals surface area (Å²) in [4.78, 5) is 14.2. The Morgan fingerprint density at radius 2 is 1.53 bits per heavy atom. The van der Waals surface area contributed by atoms with Gasteiger partial charge in [0.05, 0.1) is 5.75 Å². The number of unbranched alkanes of at least 4 members (excludes halogenated alkanes) is 5. The molecule has 0 unspecified atom stereocenters. The number of amides is 1. The number of hydrogen-bond acceptors (Lipinski definition) is 4. The van der Waals surface area contributed by atoms with Crippen molar-refractivity contribution in [2.75, 3.05) is 32.9 Å².